The Kier molecular flexibility index (Phi) is 3.19. The van der Waals surface area contributed by atoms with Gasteiger partial charge < -0.3 is 10.6 Å². The van der Waals surface area contributed by atoms with Crippen molar-refractivity contribution in [2.75, 3.05) is 5.73 Å². The van der Waals surface area contributed by atoms with Crippen LogP contribution < -0.4 is 5.73 Å². The number of pyridine rings is 1. The first-order chi connectivity index (χ1) is 12.6. The Morgan fingerprint density at radius 1 is 1.19 bits per heavy atom. The lowest BCUT2D eigenvalue weighted by molar-refractivity contribution is 0.0606. The summed E-state index contributed by atoms with van der Waals surface area (Å²) in [5.74, 6) is -0.708. The van der Waals surface area contributed by atoms with E-state index in [2.05, 4.69) is 9.97 Å². The van der Waals surface area contributed by atoms with Crippen LogP contribution in [0.2, 0.25) is 0 Å². The Morgan fingerprint density at radius 2 is 2.00 bits per heavy atom. The van der Waals surface area contributed by atoms with Gasteiger partial charge in [0.25, 0.3) is 5.91 Å². The van der Waals surface area contributed by atoms with Crippen molar-refractivity contribution in [3.63, 3.8) is 0 Å². The minimum atomic E-state index is -0.659. The van der Waals surface area contributed by atoms with Crippen LogP contribution in [0.3, 0.4) is 0 Å². The average Bonchev–Trinajstić information content (AvgIpc) is 2.91. The molecular formula is C19H16FN5O. The number of fused-ring (bicyclic) bond motifs is 2. The van der Waals surface area contributed by atoms with E-state index in [1.807, 2.05) is 4.90 Å². The summed E-state index contributed by atoms with van der Waals surface area (Å²) in [6.45, 7) is 0.455. The zero-order valence-electron chi connectivity index (χ0n) is 13.9. The van der Waals surface area contributed by atoms with Crippen molar-refractivity contribution >= 4 is 22.5 Å². The van der Waals surface area contributed by atoms with Crippen LogP contribution in [0.5, 0.6) is 0 Å². The van der Waals surface area contributed by atoms with Crippen LogP contribution in [0.25, 0.3) is 22.2 Å². The van der Waals surface area contributed by atoms with Crippen molar-refractivity contribution in [1.82, 2.24) is 19.9 Å². The highest BCUT2D eigenvalue weighted by molar-refractivity contribution is 6.11. The van der Waals surface area contributed by atoms with E-state index in [0.717, 1.165) is 19.3 Å². The molecule has 1 aliphatic carbocycles. The highest BCUT2D eigenvalue weighted by atomic mass is 19.1. The number of hydrogen-bond donors (Lipinski definition) is 1. The number of nitrogens with two attached hydrogens (primary N) is 1. The number of halogens is 1. The largest absolute Gasteiger partial charge is 0.397 e. The predicted molar refractivity (Wildman–Crippen MR) is 94.7 cm³/mol. The molecule has 26 heavy (non-hydrogen) atoms. The number of benzene rings is 1. The second kappa shape index (κ2) is 5.45. The Bertz CT molecular complexity index is 1060. The van der Waals surface area contributed by atoms with Gasteiger partial charge in [-0.3, -0.25) is 4.79 Å². The summed E-state index contributed by atoms with van der Waals surface area (Å²) in [4.78, 5) is 27.2. The van der Waals surface area contributed by atoms with Gasteiger partial charge in [0, 0.05) is 29.4 Å². The zero-order valence-corrected chi connectivity index (χ0v) is 13.9. The van der Waals surface area contributed by atoms with Crippen molar-refractivity contribution < 1.29 is 9.18 Å². The Hall–Kier alpha value is -3.09. The smallest absolute Gasteiger partial charge is 0.258 e. The van der Waals surface area contributed by atoms with Crippen molar-refractivity contribution in [2.24, 2.45) is 0 Å². The van der Waals surface area contributed by atoms with Gasteiger partial charge in [0.15, 0.2) is 0 Å². The topological polar surface area (TPSA) is 85.0 Å². The van der Waals surface area contributed by atoms with E-state index in [-0.39, 0.29) is 17.6 Å². The SMILES string of the molecule is Nc1c2c(nc3c(-c4nccnc4F)cccc13)CN(C1CCC1)C2=O. The predicted octanol–water partition coefficient (Wildman–Crippen LogP) is 2.92. The van der Waals surface area contributed by atoms with Gasteiger partial charge in [-0.2, -0.15) is 4.39 Å². The summed E-state index contributed by atoms with van der Waals surface area (Å²) >= 11 is 0. The van der Waals surface area contributed by atoms with Crippen molar-refractivity contribution in [3.05, 3.63) is 47.8 Å². The number of hydrogen-bond acceptors (Lipinski definition) is 5. The average molecular weight is 349 g/mol. The molecule has 1 amide bonds. The van der Waals surface area contributed by atoms with Crippen LogP contribution in [-0.2, 0) is 6.54 Å². The van der Waals surface area contributed by atoms with Gasteiger partial charge in [0.1, 0.15) is 5.69 Å². The molecule has 0 spiro atoms. The van der Waals surface area contributed by atoms with Gasteiger partial charge in [-0.25, -0.2) is 15.0 Å². The normalized spacial score (nSPS) is 16.8. The summed E-state index contributed by atoms with van der Waals surface area (Å²) < 4.78 is 14.2. The molecule has 2 aliphatic rings. The molecule has 1 aliphatic heterocycles. The first kappa shape index (κ1) is 15.2. The zero-order chi connectivity index (χ0) is 17.8. The first-order valence-electron chi connectivity index (χ1n) is 8.64. The van der Waals surface area contributed by atoms with E-state index in [9.17, 15) is 9.18 Å². The van der Waals surface area contributed by atoms with E-state index < -0.39 is 5.95 Å². The summed E-state index contributed by atoms with van der Waals surface area (Å²) in [6.07, 6.45) is 5.94. The minimum Gasteiger partial charge on any atom is -0.397 e. The van der Waals surface area contributed by atoms with Gasteiger partial charge >= 0.3 is 0 Å². The third-order valence-electron chi connectivity index (χ3n) is 5.35. The van der Waals surface area contributed by atoms with Crippen LogP contribution in [0, 0.1) is 5.95 Å². The fraction of sp³-hybridized carbons (Fsp3) is 0.263. The van der Waals surface area contributed by atoms with Gasteiger partial charge in [-0.15, -0.1) is 0 Å². The van der Waals surface area contributed by atoms with Crippen LogP contribution >= 0.6 is 0 Å². The maximum Gasteiger partial charge on any atom is 0.258 e. The quantitative estimate of drug-likeness (QED) is 0.769. The number of anilines is 1. The molecule has 2 N–H and O–H groups in total. The summed E-state index contributed by atoms with van der Waals surface area (Å²) in [5.41, 5.74) is 9.10. The summed E-state index contributed by atoms with van der Waals surface area (Å²) in [5, 5.41) is 0.634. The summed E-state index contributed by atoms with van der Waals surface area (Å²) in [6, 6.07) is 5.58. The van der Waals surface area contributed by atoms with E-state index in [4.69, 9.17) is 10.7 Å². The number of carbonyl (C=O) groups excluding carboxylic acids is 1. The fourth-order valence-corrected chi connectivity index (χ4v) is 3.78. The lowest BCUT2D eigenvalue weighted by atomic mass is 9.92. The molecule has 7 heteroatoms. The highest BCUT2D eigenvalue weighted by Gasteiger charge is 2.38. The van der Waals surface area contributed by atoms with E-state index in [1.54, 1.807) is 18.2 Å². The van der Waals surface area contributed by atoms with Crippen molar-refractivity contribution in [2.45, 2.75) is 31.8 Å². The molecule has 130 valence electrons. The highest BCUT2D eigenvalue weighted by Crippen LogP contribution is 2.39. The monoisotopic (exact) mass is 349 g/mol. The first-order valence-corrected chi connectivity index (χ1v) is 8.64. The third kappa shape index (κ3) is 2.03. The molecule has 5 rings (SSSR count). The second-order valence-corrected chi connectivity index (χ2v) is 6.76. The molecule has 0 saturated heterocycles. The Labute approximate surface area is 148 Å². The maximum absolute atomic E-state index is 14.2. The molecule has 3 aromatic rings. The molecule has 6 nitrogen and oxygen atoms in total. The van der Waals surface area contributed by atoms with E-state index >= 15 is 0 Å². The number of carbonyl (C=O) groups is 1. The van der Waals surface area contributed by atoms with Crippen LogP contribution in [0.4, 0.5) is 10.1 Å². The molecular weight excluding hydrogens is 333 g/mol. The van der Waals surface area contributed by atoms with Gasteiger partial charge in [0.05, 0.1) is 29.0 Å². The molecule has 0 atom stereocenters. The summed E-state index contributed by atoms with van der Waals surface area (Å²) in [7, 11) is 0. The van der Waals surface area contributed by atoms with E-state index in [1.165, 1.54) is 12.4 Å². The number of nitrogens with zero attached hydrogens (tertiary/aromatic N) is 4. The van der Waals surface area contributed by atoms with Crippen LogP contribution in [0.15, 0.2) is 30.6 Å². The molecule has 3 heterocycles. The molecule has 0 unspecified atom stereocenters. The van der Waals surface area contributed by atoms with E-state index in [0.29, 0.717) is 40.0 Å². The lowest BCUT2D eigenvalue weighted by Crippen LogP contribution is -2.40. The van der Waals surface area contributed by atoms with Crippen LogP contribution in [0.1, 0.15) is 35.3 Å². The van der Waals surface area contributed by atoms with Crippen molar-refractivity contribution in [3.8, 4) is 11.3 Å². The van der Waals surface area contributed by atoms with Gasteiger partial charge in [-0.1, -0.05) is 18.2 Å². The number of para-hydroxylation sites is 1. The lowest BCUT2D eigenvalue weighted by Gasteiger charge is -2.34. The maximum atomic E-state index is 14.2. The number of rotatable bonds is 2. The second-order valence-electron chi connectivity index (χ2n) is 6.76. The van der Waals surface area contributed by atoms with Gasteiger partial charge in [-0.05, 0) is 19.3 Å². The molecule has 1 saturated carbocycles. The van der Waals surface area contributed by atoms with Gasteiger partial charge in [0.2, 0.25) is 5.95 Å². The number of amides is 1. The Balaban J connectivity index is 1.72. The Morgan fingerprint density at radius 3 is 2.73 bits per heavy atom. The van der Waals surface area contributed by atoms with Crippen LogP contribution in [-0.4, -0.2) is 31.8 Å². The standard InChI is InChI=1S/C19H16FN5O/c20-18-17(22-7-8-23-18)12-6-2-5-11-15(21)14-13(24-16(11)12)9-25(19(14)26)10-3-1-4-10/h2,5-8,10H,1,3-4,9H2,(H2,21,24). The molecule has 0 bridgehead atoms. The third-order valence-corrected chi connectivity index (χ3v) is 5.35. The molecule has 1 fully saturated rings. The molecule has 0 radical (unpaired) electrons. The minimum absolute atomic E-state index is 0.0484. The van der Waals surface area contributed by atoms with Crippen molar-refractivity contribution in [1.29, 1.82) is 0 Å². The fourth-order valence-electron chi connectivity index (χ4n) is 3.78. The molecule has 1 aromatic carbocycles. The molecule has 2 aromatic heterocycles. The number of aromatic nitrogens is 3. The number of nitrogen functional groups attached to an aromatic ring is 1.